The molecular weight excluding hydrogens is 248 g/mol. The van der Waals surface area contributed by atoms with E-state index in [9.17, 15) is 4.79 Å². The van der Waals surface area contributed by atoms with Gasteiger partial charge in [-0.2, -0.15) is 0 Å². The molecule has 0 aliphatic heterocycles. The standard InChI is InChI=1S/C17H34N2O/c1-11(2)10-19(12(3)4)16(20)14-8-9-15(18)13(5)17(14,6)7/h11-15H,8-10,18H2,1-7H3. The Hall–Kier alpha value is -0.570. The largest absolute Gasteiger partial charge is 0.340 e. The van der Waals surface area contributed by atoms with Gasteiger partial charge in [-0.05, 0) is 43.9 Å². The maximum atomic E-state index is 13.0. The van der Waals surface area contributed by atoms with Crippen molar-refractivity contribution in [2.75, 3.05) is 6.54 Å². The van der Waals surface area contributed by atoms with E-state index in [1.54, 1.807) is 0 Å². The molecule has 1 rings (SSSR count). The Morgan fingerprint density at radius 1 is 1.25 bits per heavy atom. The highest BCUT2D eigenvalue weighted by molar-refractivity contribution is 5.80. The molecule has 118 valence electrons. The first-order valence-corrected chi connectivity index (χ1v) is 8.15. The Balaban J connectivity index is 2.93. The van der Waals surface area contributed by atoms with Gasteiger partial charge in [0.1, 0.15) is 0 Å². The van der Waals surface area contributed by atoms with E-state index in [1.165, 1.54) is 0 Å². The highest BCUT2D eigenvalue weighted by Gasteiger charge is 2.46. The normalized spacial score (nSPS) is 29.8. The topological polar surface area (TPSA) is 46.3 Å². The van der Waals surface area contributed by atoms with E-state index in [0.29, 0.717) is 17.7 Å². The van der Waals surface area contributed by atoms with Crippen LogP contribution in [0.5, 0.6) is 0 Å². The lowest BCUT2D eigenvalue weighted by molar-refractivity contribution is -0.145. The Labute approximate surface area is 125 Å². The van der Waals surface area contributed by atoms with Gasteiger partial charge in [0.25, 0.3) is 0 Å². The van der Waals surface area contributed by atoms with Crippen molar-refractivity contribution in [2.24, 2.45) is 28.9 Å². The molecule has 0 bridgehead atoms. The number of hydrogen-bond donors (Lipinski definition) is 1. The maximum Gasteiger partial charge on any atom is 0.226 e. The van der Waals surface area contributed by atoms with Crippen LogP contribution < -0.4 is 5.73 Å². The number of carbonyl (C=O) groups excluding carboxylic acids is 1. The van der Waals surface area contributed by atoms with Crippen LogP contribution in [0.3, 0.4) is 0 Å². The lowest BCUT2D eigenvalue weighted by Crippen LogP contribution is -2.54. The summed E-state index contributed by atoms with van der Waals surface area (Å²) in [6.45, 7) is 16.1. The van der Waals surface area contributed by atoms with Crippen LogP contribution in [0.25, 0.3) is 0 Å². The van der Waals surface area contributed by atoms with Gasteiger partial charge >= 0.3 is 0 Å². The third-order valence-corrected chi connectivity index (χ3v) is 5.27. The third-order valence-electron chi connectivity index (χ3n) is 5.27. The lowest BCUT2D eigenvalue weighted by atomic mass is 9.60. The third kappa shape index (κ3) is 3.55. The molecule has 0 saturated heterocycles. The molecule has 1 aliphatic carbocycles. The fourth-order valence-electron chi connectivity index (χ4n) is 3.44. The molecule has 1 fully saturated rings. The quantitative estimate of drug-likeness (QED) is 0.860. The summed E-state index contributed by atoms with van der Waals surface area (Å²) in [5, 5.41) is 0. The zero-order chi connectivity index (χ0) is 15.7. The molecule has 0 aromatic heterocycles. The number of carbonyl (C=O) groups is 1. The van der Waals surface area contributed by atoms with Crippen molar-refractivity contribution in [3.05, 3.63) is 0 Å². The minimum absolute atomic E-state index is 0.0150. The molecule has 0 aromatic rings. The maximum absolute atomic E-state index is 13.0. The first-order chi connectivity index (χ1) is 9.09. The van der Waals surface area contributed by atoms with Gasteiger partial charge in [0.2, 0.25) is 5.91 Å². The summed E-state index contributed by atoms with van der Waals surface area (Å²) in [5.74, 6) is 1.34. The van der Waals surface area contributed by atoms with E-state index >= 15 is 0 Å². The Morgan fingerprint density at radius 3 is 2.25 bits per heavy atom. The Bertz CT molecular complexity index is 336. The molecule has 20 heavy (non-hydrogen) atoms. The van der Waals surface area contributed by atoms with Crippen LogP contribution >= 0.6 is 0 Å². The summed E-state index contributed by atoms with van der Waals surface area (Å²) in [5.41, 5.74) is 6.19. The van der Waals surface area contributed by atoms with Crippen LogP contribution in [0.1, 0.15) is 61.3 Å². The Kier molecular flexibility index (Phi) is 5.65. The van der Waals surface area contributed by atoms with Crippen LogP contribution in [0.15, 0.2) is 0 Å². The molecule has 3 nitrogen and oxygen atoms in total. The van der Waals surface area contributed by atoms with Gasteiger partial charge in [0.15, 0.2) is 0 Å². The molecule has 1 aliphatic rings. The molecule has 3 unspecified atom stereocenters. The number of rotatable bonds is 4. The number of nitrogens with two attached hydrogens (primary N) is 1. The summed E-state index contributed by atoms with van der Waals surface area (Å²) < 4.78 is 0. The van der Waals surface area contributed by atoms with E-state index in [0.717, 1.165) is 19.4 Å². The van der Waals surface area contributed by atoms with Crippen LogP contribution in [0, 0.1) is 23.2 Å². The minimum Gasteiger partial charge on any atom is -0.340 e. The van der Waals surface area contributed by atoms with E-state index in [2.05, 4.69) is 53.4 Å². The second-order valence-corrected chi connectivity index (χ2v) is 7.88. The fourth-order valence-corrected chi connectivity index (χ4v) is 3.44. The van der Waals surface area contributed by atoms with Crippen molar-refractivity contribution in [1.29, 1.82) is 0 Å². The first-order valence-electron chi connectivity index (χ1n) is 8.15. The molecule has 2 N–H and O–H groups in total. The second kappa shape index (κ2) is 6.46. The van der Waals surface area contributed by atoms with Gasteiger partial charge in [-0.25, -0.2) is 0 Å². The molecule has 3 atom stereocenters. The van der Waals surface area contributed by atoms with Gasteiger partial charge in [-0.1, -0.05) is 34.6 Å². The minimum atomic E-state index is -0.0150. The number of amides is 1. The zero-order valence-corrected chi connectivity index (χ0v) is 14.4. The van der Waals surface area contributed by atoms with Crippen molar-refractivity contribution in [1.82, 2.24) is 4.90 Å². The van der Waals surface area contributed by atoms with Gasteiger partial charge in [-0.3, -0.25) is 4.79 Å². The summed E-state index contributed by atoms with van der Waals surface area (Å²) >= 11 is 0. The molecule has 0 heterocycles. The van der Waals surface area contributed by atoms with Crippen LogP contribution in [-0.4, -0.2) is 29.4 Å². The molecule has 0 spiro atoms. The molecule has 0 radical (unpaired) electrons. The smallest absolute Gasteiger partial charge is 0.226 e. The molecule has 1 saturated carbocycles. The monoisotopic (exact) mass is 282 g/mol. The van der Waals surface area contributed by atoms with Crippen molar-refractivity contribution >= 4 is 5.91 Å². The van der Waals surface area contributed by atoms with Crippen LogP contribution in [0.4, 0.5) is 0 Å². The zero-order valence-electron chi connectivity index (χ0n) is 14.4. The number of nitrogens with zero attached hydrogens (tertiary/aromatic N) is 1. The van der Waals surface area contributed by atoms with Crippen molar-refractivity contribution in [3.63, 3.8) is 0 Å². The number of hydrogen-bond acceptors (Lipinski definition) is 2. The summed E-state index contributed by atoms with van der Waals surface area (Å²) in [6.07, 6.45) is 1.90. The van der Waals surface area contributed by atoms with Gasteiger partial charge < -0.3 is 10.6 Å². The van der Waals surface area contributed by atoms with Crippen LogP contribution in [-0.2, 0) is 4.79 Å². The average Bonchev–Trinajstić information content (AvgIpc) is 2.32. The van der Waals surface area contributed by atoms with Gasteiger partial charge in [0.05, 0.1) is 0 Å². The van der Waals surface area contributed by atoms with Gasteiger partial charge in [0, 0.05) is 24.5 Å². The molecule has 3 heteroatoms. The van der Waals surface area contributed by atoms with Crippen molar-refractivity contribution < 1.29 is 4.79 Å². The van der Waals surface area contributed by atoms with E-state index in [1.807, 2.05) is 0 Å². The van der Waals surface area contributed by atoms with Gasteiger partial charge in [-0.15, -0.1) is 0 Å². The second-order valence-electron chi connectivity index (χ2n) is 7.88. The highest BCUT2D eigenvalue weighted by atomic mass is 16.2. The predicted molar refractivity (Wildman–Crippen MR) is 85.3 cm³/mol. The van der Waals surface area contributed by atoms with Crippen molar-refractivity contribution in [2.45, 2.75) is 73.4 Å². The van der Waals surface area contributed by atoms with E-state index in [-0.39, 0.29) is 23.4 Å². The summed E-state index contributed by atoms with van der Waals surface area (Å²) in [6, 6.07) is 0.498. The molecule has 0 aromatic carbocycles. The van der Waals surface area contributed by atoms with E-state index in [4.69, 9.17) is 5.73 Å². The van der Waals surface area contributed by atoms with Crippen LogP contribution in [0.2, 0.25) is 0 Å². The predicted octanol–water partition coefficient (Wildman–Crippen LogP) is 3.28. The highest BCUT2D eigenvalue weighted by Crippen LogP contribution is 2.45. The summed E-state index contributed by atoms with van der Waals surface area (Å²) in [7, 11) is 0. The van der Waals surface area contributed by atoms with E-state index < -0.39 is 0 Å². The average molecular weight is 282 g/mol. The first kappa shape index (κ1) is 17.5. The summed E-state index contributed by atoms with van der Waals surface area (Å²) in [4.78, 5) is 15.1. The SMILES string of the molecule is CC(C)CN(C(=O)C1CCC(N)C(C)C1(C)C)C(C)C. The lowest BCUT2D eigenvalue weighted by Gasteiger charge is -2.48. The fraction of sp³-hybridized carbons (Fsp3) is 0.941. The molecule has 1 amide bonds. The van der Waals surface area contributed by atoms with Crippen molar-refractivity contribution in [3.8, 4) is 0 Å². The Morgan fingerprint density at radius 2 is 1.80 bits per heavy atom. The molecular formula is C17H34N2O.